The highest BCUT2D eigenvalue weighted by atomic mass is 16.5. The van der Waals surface area contributed by atoms with Crippen LogP contribution < -0.4 is 5.73 Å². The first-order valence-corrected chi connectivity index (χ1v) is 5.31. The summed E-state index contributed by atoms with van der Waals surface area (Å²) in [5.74, 6) is -1.31. The van der Waals surface area contributed by atoms with Gasteiger partial charge in [-0.1, -0.05) is 19.1 Å². The van der Waals surface area contributed by atoms with Gasteiger partial charge in [-0.15, -0.1) is 5.10 Å². The quantitative estimate of drug-likeness (QED) is 0.715. The van der Waals surface area contributed by atoms with Gasteiger partial charge in [0.2, 0.25) is 5.91 Å². The Morgan fingerprint density at radius 2 is 2.18 bits per heavy atom. The number of carbonyl (C=O) groups excluding carboxylic acids is 2. The largest absolute Gasteiger partial charge is 0.464 e. The first-order chi connectivity index (χ1) is 8.01. The van der Waals surface area contributed by atoms with Crippen LogP contribution in [0.5, 0.6) is 0 Å². The molecule has 1 atom stereocenters. The van der Waals surface area contributed by atoms with E-state index in [4.69, 9.17) is 5.73 Å². The van der Waals surface area contributed by atoms with E-state index in [1.165, 1.54) is 11.8 Å². The minimum absolute atomic E-state index is 0.187. The smallest absolute Gasteiger partial charge is 0.360 e. The van der Waals surface area contributed by atoms with Crippen molar-refractivity contribution in [3.05, 3.63) is 11.4 Å². The number of esters is 1. The van der Waals surface area contributed by atoms with Crippen LogP contribution in [-0.4, -0.2) is 34.0 Å². The molecule has 1 rings (SSSR count). The molecule has 2 N–H and O–H groups in total. The summed E-state index contributed by atoms with van der Waals surface area (Å²) in [6, 6.07) is 0. The van der Waals surface area contributed by atoms with Crippen molar-refractivity contribution in [2.45, 2.75) is 26.8 Å². The van der Waals surface area contributed by atoms with Gasteiger partial charge >= 0.3 is 5.97 Å². The molecule has 7 heteroatoms. The van der Waals surface area contributed by atoms with Crippen molar-refractivity contribution in [2.75, 3.05) is 7.11 Å². The number of carbonyl (C=O) groups is 2. The Bertz CT molecular complexity index is 427. The average molecular weight is 240 g/mol. The van der Waals surface area contributed by atoms with Crippen molar-refractivity contribution in [2.24, 2.45) is 11.7 Å². The number of primary amides is 1. The lowest BCUT2D eigenvalue weighted by atomic mass is 10.1. The van der Waals surface area contributed by atoms with Gasteiger partial charge in [0.15, 0.2) is 5.69 Å². The maximum Gasteiger partial charge on any atom is 0.360 e. The van der Waals surface area contributed by atoms with E-state index in [1.807, 2.05) is 6.92 Å². The van der Waals surface area contributed by atoms with Crippen molar-refractivity contribution < 1.29 is 14.3 Å². The molecule has 0 fully saturated rings. The molecule has 0 aliphatic rings. The zero-order chi connectivity index (χ0) is 13.0. The molecule has 17 heavy (non-hydrogen) atoms. The number of nitrogens with two attached hydrogens (primary N) is 1. The molecule has 1 unspecified atom stereocenters. The number of nitrogens with zero attached hydrogens (tertiary/aromatic N) is 3. The molecule has 1 aromatic heterocycles. The van der Waals surface area contributed by atoms with Gasteiger partial charge < -0.3 is 10.5 Å². The van der Waals surface area contributed by atoms with Crippen LogP contribution in [0.2, 0.25) is 0 Å². The summed E-state index contributed by atoms with van der Waals surface area (Å²) in [6.07, 6.45) is 0.572. The van der Waals surface area contributed by atoms with E-state index in [9.17, 15) is 9.59 Å². The first-order valence-electron chi connectivity index (χ1n) is 5.31. The van der Waals surface area contributed by atoms with E-state index in [0.717, 1.165) is 0 Å². The summed E-state index contributed by atoms with van der Waals surface area (Å²) in [7, 11) is 1.28. The molecule has 0 radical (unpaired) electrons. The molecular weight excluding hydrogens is 224 g/mol. The first kappa shape index (κ1) is 13.1. The molecule has 1 amide bonds. The van der Waals surface area contributed by atoms with Crippen LogP contribution >= 0.6 is 0 Å². The van der Waals surface area contributed by atoms with Crippen molar-refractivity contribution in [1.82, 2.24) is 15.0 Å². The van der Waals surface area contributed by atoms with Crippen molar-refractivity contribution in [3.8, 4) is 0 Å². The summed E-state index contributed by atoms with van der Waals surface area (Å²) < 4.78 is 6.11. The third-order valence-corrected chi connectivity index (χ3v) is 2.48. The Hall–Kier alpha value is -1.92. The van der Waals surface area contributed by atoms with Gasteiger partial charge in [0.25, 0.3) is 0 Å². The van der Waals surface area contributed by atoms with E-state index in [-0.39, 0.29) is 11.6 Å². The van der Waals surface area contributed by atoms with Crippen molar-refractivity contribution in [1.29, 1.82) is 0 Å². The van der Waals surface area contributed by atoms with Gasteiger partial charge in [0.1, 0.15) is 0 Å². The van der Waals surface area contributed by atoms with Crippen molar-refractivity contribution in [3.63, 3.8) is 0 Å². The van der Waals surface area contributed by atoms with Crippen LogP contribution in [-0.2, 0) is 22.5 Å². The number of methoxy groups -OCH3 is 1. The summed E-state index contributed by atoms with van der Waals surface area (Å²) in [6.45, 7) is 3.88. The fourth-order valence-corrected chi connectivity index (χ4v) is 1.43. The molecule has 94 valence electrons. The van der Waals surface area contributed by atoms with Crippen LogP contribution in [0, 0.1) is 5.92 Å². The molecule has 7 nitrogen and oxygen atoms in total. The van der Waals surface area contributed by atoms with Gasteiger partial charge in [-0.3, -0.25) is 4.79 Å². The molecule has 0 saturated heterocycles. The Kier molecular flexibility index (Phi) is 4.19. The molecule has 0 aliphatic heterocycles. The summed E-state index contributed by atoms with van der Waals surface area (Å²) in [5.41, 5.74) is 6.01. The van der Waals surface area contributed by atoms with E-state index in [1.54, 1.807) is 6.92 Å². The van der Waals surface area contributed by atoms with Gasteiger partial charge in [0.05, 0.1) is 25.3 Å². The Morgan fingerprint density at radius 1 is 1.53 bits per heavy atom. The number of ether oxygens (including phenoxy) is 1. The van der Waals surface area contributed by atoms with Gasteiger partial charge in [0, 0.05) is 0 Å². The Balaban J connectivity index is 2.98. The molecule has 1 aromatic rings. The normalized spacial score (nSPS) is 12.2. The molecular formula is C10H16N4O3. The minimum atomic E-state index is -0.528. The second kappa shape index (κ2) is 5.42. The van der Waals surface area contributed by atoms with Crippen LogP contribution in [0.1, 0.15) is 30.0 Å². The summed E-state index contributed by atoms with van der Waals surface area (Å²) in [5, 5.41) is 7.59. The third-order valence-electron chi connectivity index (χ3n) is 2.48. The fourth-order valence-electron chi connectivity index (χ4n) is 1.43. The van der Waals surface area contributed by atoms with Gasteiger partial charge in [-0.2, -0.15) is 0 Å². The molecule has 0 bridgehead atoms. The Labute approximate surface area is 98.9 Å². The second-order valence-corrected chi connectivity index (χ2v) is 3.72. The van der Waals surface area contributed by atoms with Crippen LogP contribution in [0.3, 0.4) is 0 Å². The number of hydrogen-bond acceptors (Lipinski definition) is 5. The zero-order valence-electron chi connectivity index (χ0n) is 10.1. The lowest BCUT2D eigenvalue weighted by Crippen LogP contribution is -2.26. The van der Waals surface area contributed by atoms with Crippen LogP contribution in [0.4, 0.5) is 0 Å². The zero-order valence-corrected chi connectivity index (χ0v) is 10.1. The summed E-state index contributed by atoms with van der Waals surface area (Å²) in [4.78, 5) is 22.4. The molecule has 0 aromatic carbocycles. The minimum Gasteiger partial charge on any atom is -0.464 e. The van der Waals surface area contributed by atoms with E-state index in [0.29, 0.717) is 18.7 Å². The second-order valence-electron chi connectivity index (χ2n) is 3.72. The van der Waals surface area contributed by atoms with Crippen LogP contribution in [0.15, 0.2) is 0 Å². The standard InChI is InChI=1S/C10H16N4O3/c1-4-7-8(10(16)17-3)12-13-14(7)5-6(2)9(11)15/h6H,4-5H2,1-3H3,(H2,11,15). The van der Waals surface area contributed by atoms with E-state index < -0.39 is 11.9 Å². The average Bonchev–Trinajstić information content (AvgIpc) is 2.70. The van der Waals surface area contributed by atoms with Crippen LogP contribution in [0.25, 0.3) is 0 Å². The van der Waals surface area contributed by atoms with Gasteiger partial charge in [-0.05, 0) is 6.42 Å². The molecule has 0 aliphatic carbocycles. The maximum absolute atomic E-state index is 11.4. The monoisotopic (exact) mass is 240 g/mol. The highest BCUT2D eigenvalue weighted by molar-refractivity contribution is 5.88. The number of aromatic nitrogens is 3. The highest BCUT2D eigenvalue weighted by Gasteiger charge is 2.20. The lowest BCUT2D eigenvalue weighted by Gasteiger charge is -2.09. The predicted molar refractivity (Wildman–Crippen MR) is 59.1 cm³/mol. The van der Waals surface area contributed by atoms with E-state index in [2.05, 4.69) is 15.0 Å². The van der Waals surface area contributed by atoms with Gasteiger partial charge in [-0.25, -0.2) is 9.48 Å². The summed E-state index contributed by atoms with van der Waals surface area (Å²) >= 11 is 0. The topological polar surface area (TPSA) is 100 Å². The molecule has 0 spiro atoms. The molecule has 1 heterocycles. The molecule has 0 saturated carbocycles. The fraction of sp³-hybridized carbons (Fsp3) is 0.600. The van der Waals surface area contributed by atoms with Crippen molar-refractivity contribution >= 4 is 11.9 Å². The Morgan fingerprint density at radius 3 is 2.65 bits per heavy atom. The number of hydrogen-bond donors (Lipinski definition) is 1. The highest BCUT2D eigenvalue weighted by Crippen LogP contribution is 2.10. The lowest BCUT2D eigenvalue weighted by molar-refractivity contribution is -0.121. The SMILES string of the molecule is CCc1c(C(=O)OC)nnn1CC(C)C(N)=O. The number of amides is 1. The van der Waals surface area contributed by atoms with E-state index >= 15 is 0 Å². The number of rotatable bonds is 5. The third kappa shape index (κ3) is 2.80. The predicted octanol–water partition coefficient (Wildman–Crippen LogP) is -0.251. The maximum atomic E-state index is 11.4.